The second-order valence-electron chi connectivity index (χ2n) is 3.10. The lowest BCUT2D eigenvalue weighted by Crippen LogP contribution is -2.33. The zero-order valence-electron chi connectivity index (χ0n) is 9.33. The van der Waals surface area contributed by atoms with E-state index in [1.54, 1.807) is 6.07 Å². The number of anilines is 1. The summed E-state index contributed by atoms with van der Waals surface area (Å²) in [4.78, 5) is 22.6. The molecule has 0 aromatic heterocycles. The minimum Gasteiger partial charge on any atom is -0.468 e. The molecule has 2 N–H and O–H groups in total. The number of carbonyl (C=O) groups is 2. The van der Waals surface area contributed by atoms with Gasteiger partial charge in [-0.1, -0.05) is 0 Å². The Morgan fingerprint density at radius 1 is 1.50 bits per heavy atom. The molecule has 0 saturated carbocycles. The lowest BCUT2D eigenvalue weighted by atomic mass is 10.3. The molecule has 0 aliphatic carbocycles. The Balaban J connectivity index is 2.56. The third-order valence-electron chi connectivity index (χ3n) is 1.90. The Morgan fingerprint density at radius 3 is 2.78 bits per heavy atom. The molecule has 18 heavy (non-hydrogen) atoms. The maximum atomic E-state index is 13.5. The molecule has 0 spiro atoms. The Kier molecular flexibility index (Phi) is 5.73. The van der Waals surface area contributed by atoms with Gasteiger partial charge in [0.1, 0.15) is 12.4 Å². The highest BCUT2D eigenvalue weighted by Gasteiger charge is 2.09. The van der Waals surface area contributed by atoms with Gasteiger partial charge in [-0.15, -0.1) is 0 Å². The summed E-state index contributed by atoms with van der Waals surface area (Å²) < 4.78 is 17.8. The van der Waals surface area contributed by atoms with Gasteiger partial charge in [-0.3, -0.25) is 4.79 Å². The molecule has 1 aromatic rings. The van der Waals surface area contributed by atoms with Crippen molar-refractivity contribution in [2.45, 2.75) is 4.90 Å². The number of hydrogen-bond acceptors (Lipinski definition) is 4. The van der Waals surface area contributed by atoms with Gasteiger partial charge >= 0.3 is 12.0 Å². The minimum absolute atomic E-state index is 0.00756. The standard InChI is InChI=1S/C10H10ClFN2O3S/c1-17-9(15)5-13-10(16)14-8-3-2-6(18-11)4-7(8)12/h2-4H,5H2,1H3,(H2,13,14,16). The molecule has 5 nitrogen and oxygen atoms in total. The topological polar surface area (TPSA) is 67.4 Å². The molecule has 0 bridgehead atoms. The van der Waals surface area contributed by atoms with Crippen LogP contribution in [-0.4, -0.2) is 25.7 Å². The molecule has 2 amide bonds. The van der Waals surface area contributed by atoms with Crippen LogP contribution >= 0.6 is 21.7 Å². The SMILES string of the molecule is COC(=O)CNC(=O)Nc1ccc(SCl)cc1F. The van der Waals surface area contributed by atoms with Crippen LogP contribution in [-0.2, 0) is 9.53 Å². The number of halogens is 2. The van der Waals surface area contributed by atoms with Gasteiger partial charge < -0.3 is 15.4 Å². The molecule has 1 rings (SSSR count). The van der Waals surface area contributed by atoms with Crippen molar-refractivity contribution in [3.05, 3.63) is 24.0 Å². The van der Waals surface area contributed by atoms with Gasteiger partial charge in [0.05, 0.1) is 12.8 Å². The van der Waals surface area contributed by atoms with E-state index in [1.807, 2.05) is 0 Å². The van der Waals surface area contributed by atoms with Gasteiger partial charge in [0.15, 0.2) is 0 Å². The summed E-state index contributed by atoms with van der Waals surface area (Å²) in [6.07, 6.45) is 0. The number of benzene rings is 1. The number of esters is 1. The summed E-state index contributed by atoms with van der Waals surface area (Å²) in [7, 11) is 7.53. The van der Waals surface area contributed by atoms with E-state index in [0.29, 0.717) is 4.90 Å². The van der Waals surface area contributed by atoms with E-state index in [-0.39, 0.29) is 12.2 Å². The number of methoxy groups -OCH3 is 1. The van der Waals surface area contributed by atoms with Crippen LogP contribution in [0.1, 0.15) is 0 Å². The predicted molar refractivity (Wildman–Crippen MR) is 67.1 cm³/mol. The van der Waals surface area contributed by atoms with Crippen molar-refractivity contribution in [3.8, 4) is 0 Å². The number of hydrogen-bond donors (Lipinski definition) is 2. The average Bonchev–Trinajstić information content (AvgIpc) is 2.38. The molecule has 8 heteroatoms. The number of amides is 2. The summed E-state index contributed by atoms with van der Waals surface area (Å²) >= 11 is 0. The van der Waals surface area contributed by atoms with E-state index >= 15 is 0 Å². The van der Waals surface area contributed by atoms with E-state index in [0.717, 1.165) is 11.0 Å². The van der Waals surface area contributed by atoms with Crippen LogP contribution in [0.4, 0.5) is 14.9 Å². The van der Waals surface area contributed by atoms with E-state index in [9.17, 15) is 14.0 Å². The number of rotatable bonds is 4. The van der Waals surface area contributed by atoms with Crippen LogP contribution in [0.2, 0.25) is 0 Å². The van der Waals surface area contributed by atoms with Gasteiger partial charge in [0.2, 0.25) is 0 Å². The fourth-order valence-corrected chi connectivity index (χ4v) is 1.59. The van der Waals surface area contributed by atoms with Gasteiger partial charge in [-0.25, -0.2) is 9.18 Å². The number of ether oxygens (including phenoxy) is 1. The number of urea groups is 1. The largest absolute Gasteiger partial charge is 0.468 e. The van der Waals surface area contributed by atoms with Crippen molar-refractivity contribution >= 4 is 39.3 Å². The molecular weight excluding hydrogens is 283 g/mol. The van der Waals surface area contributed by atoms with E-state index in [1.165, 1.54) is 19.2 Å². The van der Waals surface area contributed by atoms with Crippen molar-refractivity contribution in [2.75, 3.05) is 19.0 Å². The summed E-state index contributed by atoms with van der Waals surface area (Å²) in [6.45, 7) is -0.292. The Bertz CT molecular complexity index is 459. The van der Waals surface area contributed by atoms with E-state index in [2.05, 4.69) is 15.4 Å². The summed E-state index contributed by atoms with van der Waals surface area (Å²) in [5, 5.41) is 4.47. The second kappa shape index (κ2) is 7.07. The Hall–Kier alpha value is -1.47. The molecule has 0 unspecified atom stereocenters. The highest BCUT2D eigenvalue weighted by Crippen LogP contribution is 2.25. The predicted octanol–water partition coefficient (Wildman–Crippen LogP) is 2.37. The minimum atomic E-state index is -0.703. The zero-order chi connectivity index (χ0) is 13.5. The first-order valence-electron chi connectivity index (χ1n) is 4.76. The van der Waals surface area contributed by atoms with Crippen LogP contribution in [0.5, 0.6) is 0 Å². The lowest BCUT2D eigenvalue weighted by Gasteiger charge is -2.08. The van der Waals surface area contributed by atoms with Gasteiger partial charge in [-0.2, -0.15) is 0 Å². The van der Waals surface area contributed by atoms with Gasteiger partial charge in [0.25, 0.3) is 0 Å². The fourth-order valence-electron chi connectivity index (χ4n) is 1.04. The maximum absolute atomic E-state index is 13.5. The van der Waals surface area contributed by atoms with Crippen molar-refractivity contribution in [1.82, 2.24) is 5.32 Å². The smallest absolute Gasteiger partial charge is 0.325 e. The Morgan fingerprint density at radius 2 is 2.22 bits per heavy atom. The highest BCUT2D eigenvalue weighted by molar-refractivity contribution is 8.21. The fraction of sp³-hybridized carbons (Fsp3) is 0.200. The number of nitrogens with one attached hydrogen (secondary N) is 2. The molecule has 98 valence electrons. The van der Waals surface area contributed by atoms with Gasteiger partial charge in [-0.05, 0) is 39.9 Å². The van der Waals surface area contributed by atoms with Crippen LogP contribution in [0.3, 0.4) is 0 Å². The summed E-state index contributed by atoms with van der Waals surface area (Å²) in [6, 6.07) is 3.41. The summed E-state index contributed by atoms with van der Waals surface area (Å²) in [5.74, 6) is -1.21. The molecule has 0 aliphatic rings. The molecular formula is C10H10ClFN2O3S. The van der Waals surface area contributed by atoms with Gasteiger partial charge in [0, 0.05) is 4.90 Å². The Labute approximate surface area is 112 Å². The second-order valence-corrected chi connectivity index (χ2v) is 4.19. The first-order chi connectivity index (χ1) is 8.56. The van der Waals surface area contributed by atoms with Crippen LogP contribution in [0, 0.1) is 5.82 Å². The molecule has 0 saturated heterocycles. The van der Waals surface area contributed by atoms with Crippen LogP contribution < -0.4 is 10.6 Å². The molecule has 0 heterocycles. The average molecular weight is 293 g/mol. The monoisotopic (exact) mass is 292 g/mol. The number of carbonyl (C=O) groups excluding carboxylic acids is 2. The molecule has 0 radical (unpaired) electrons. The molecule has 0 aliphatic heterocycles. The normalized spacial score (nSPS) is 9.72. The molecule has 0 fully saturated rings. The quantitative estimate of drug-likeness (QED) is 0.836. The van der Waals surface area contributed by atoms with Crippen molar-refractivity contribution in [1.29, 1.82) is 0 Å². The maximum Gasteiger partial charge on any atom is 0.325 e. The molecule has 0 atom stereocenters. The lowest BCUT2D eigenvalue weighted by molar-refractivity contribution is -0.139. The van der Waals surface area contributed by atoms with Crippen LogP contribution in [0.15, 0.2) is 23.1 Å². The first-order valence-corrected chi connectivity index (χ1v) is 6.41. The molecule has 1 aromatic carbocycles. The van der Waals surface area contributed by atoms with Crippen LogP contribution in [0.25, 0.3) is 0 Å². The van der Waals surface area contributed by atoms with E-state index < -0.39 is 17.8 Å². The van der Waals surface area contributed by atoms with Crippen molar-refractivity contribution in [2.24, 2.45) is 0 Å². The third-order valence-corrected chi connectivity index (χ3v) is 2.87. The third kappa shape index (κ3) is 4.42. The highest BCUT2D eigenvalue weighted by atomic mass is 35.7. The van der Waals surface area contributed by atoms with E-state index in [4.69, 9.17) is 10.7 Å². The summed E-state index contributed by atoms with van der Waals surface area (Å²) in [5.41, 5.74) is -0.00756. The first kappa shape index (κ1) is 14.6. The van der Waals surface area contributed by atoms with Crippen molar-refractivity contribution in [3.63, 3.8) is 0 Å². The zero-order valence-corrected chi connectivity index (χ0v) is 10.9. The van der Waals surface area contributed by atoms with Crippen molar-refractivity contribution < 1.29 is 18.7 Å².